The van der Waals surface area contributed by atoms with Gasteiger partial charge in [-0.2, -0.15) is 0 Å². The first-order valence-corrected chi connectivity index (χ1v) is 12.6. The number of ether oxygens (including phenoxy) is 2. The first-order valence-electron chi connectivity index (χ1n) is 12.2. The lowest BCUT2D eigenvalue weighted by Gasteiger charge is -2.21. The molecule has 2 atom stereocenters. The van der Waals surface area contributed by atoms with Crippen LogP contribution in [0.2, 0.25) is 5.02 Å². The van der Waals surface area contributed by atoms with Crippen molar-refractivity contribution in [1.82, 2.24) is 9.99 Å². The van der Waals surface area contributed by atoms with Crippen LogP contribution in [0.3, 0.4) is 0 Å². The fourth-order valence-electron chi connectivity index (χ4n) is 5.02. The van der Waals surface area contributed by atoms with Gasteiger partial charge in [0.2, 0.25) is 5.28 Å². The summed E-state index contributed by atoms with van der Waals surface area (Å²) in [5.74, 6) is -0.117. The molecule has 1 aromatic carbocycles. The Hall–Kier alpha value is -2.91. The van der Waals surface area contributed by atoms with Crippen molar-refractivity contribution in [3.8, 4) is 5.75 Å². The van der Waals surface area contributed by atoms with E-state index in [2.05, 4.69) is 10.3 Å². The van der Waals surface area contributed by atoms with Crippen LogP contribution in [0.5, 0.6) is 5.75 Å². The van der Waals surface area contributed by atoms with Gasteiger partial charge in [-0.1, -0.05) is 30.2 Å². The molecule has 1 aromatic heterocycles. The summed E-state index contributed by atoms with van der Waals surface area (Å²) in [4.78, 5) is 23.5. The van der Waals surface area contributed by atoms with Crippen LogP contribution in [0.4, 0.5) is 0 Å². The number of benzene rings is 1. The average Bonchev–Trinajstić information content (AvgIpc) is 3.53. The van der Waals surface area contributed by atoms with E-state index in [4.69, 9.17) is 25.9 Å². The third-order valence-corrected chi connectivity index (χ3v) is 7.19. The number of hydrazine groups is 1. The van der Waals surface area contributed by atoms with Gasteiger partial charge in [-0.25, -0.2) is 4.79 Å². The number of carbonyl (C=O) groups excluding carboxylic acids is 1. The zero-order valence-electron chi connectivity index (χ0n) is 19.7. The van der Waals surface area contributed by atoms with Crippen molar-refractivity contribution in [2.45, 2.75) is 76.7 Å². The molecule has 10 heteroatoms. The molecule has 3 aliphatic rings. The Balaban J connectivity index is 1.31. The van der Waals surface area contributed by atoms with Crippen LogP contribution in [0, 0.1) is 12.1 Å². The Morgan fingerprint density at radius 3 is 2.74 bits per heavy atom. The van der Waals surface area contributed by atoms with Gasteiger partial charge < -0.3 is 19.5 Å². The van der Waals surface area contributed by atoms with Crippen molar-refractivity contribution < 1.29 is 24.1 Å². The highest BCUT2D eigenvalue weighted by Crippen LogP contribution is 2.41. The molecule has 35 heavy (non-hydrogen) atoms. The van der Waals surface area contributed by atoms with Gasteiger partial charge in [0.25, 0.3) is 0 Å². The highest BCUT2D eigenvalue weighted by Gasteiger charge is 2.40. The van der Waals surface area contributed by atoms with Crippen LogP contribution >= 0.6 is 11.6 Å². The molecular weight excluding hydrogens is 472 g/mol. The molecule has 0 spiro atoms. The van der Waals surface area contributed by atoms with E-state index in [1.54, 1.807) is 13.1 Å². The van der Waals surface area contributed by atoms with Crippen LogP contribution in [0.25, 0.3) is 0 Å². The van der Waals surface area contributed by atoms with Crippen molar-refractivity contribution in [2.24, 2.45) is 5.28 Å². The number of hydrogen-bond donors (Lipinski definition) is 0. The zero-order chi connectivity index (χ0) is 24.4. The third-order valence-electron chi connectivity index (χ3n) is 6.94. The second kappa shape index (κ2) is 10.4. The van der Waals surface area contributed by atoms with Crippen LogP contribution in [-0.4, -0.2) is 39.6 Å². The molecule has 2 aliphatic heterocycles. The Bertz CT molecular complexity index is 1100. The molecule has 2 aromatic rings. The van der Waals surface area contributed by atoms with Gasteiger partial charge in [0.05, 0.1) is 23.8 Å². The normalized spacial score (nSPS) is 22.8. The number of nitrogens with zero attached hydrogens (tertiary/aromatic N) is 4. The monoisotopic (exact) mass is 500 g/mol. The molecule has 3 heterocycles. The van der Waals surface area contributed by atoms with Gasteiger partial charge in [0, 0.05) is 22.3 Å². The second-order valence-electron chi connectivity index (χ2n) is 9.29. The maximum atomic E-state index is 13.2. The minimum Gasteiger partial charge on any atom is -0.569 e. The number of halogens is 1. The molecule has 0 radical (unpaired) electrons. The number of pyridine rings is 1. The number of hydrogen-bond acceptors (Lipinski definition) is 7. The largest absolute Gasteiger partial charge is 0.569 e. The number of carbonyl (C=O) groups is 1. The van der Waals surface area contributed by atoms with Gasteiger partial charge in [-0.15, -0.1) is 5.01 Å². The summed E-state index contributed by atoms with van der Waals surface area (Å²) in [6, 6.07) is 6.70. The number of fused-ring (bicyclic) bond motifs is 1. The second-order valence-corrected chi connectivity index (χ2v) is 9.73. The van der Waals surface area contributed by atoms with Gasteiger partial charge in [-0.3, -0.25) is 4.98 Å². The van der Waals surface area contributed by atoms with Gasteiger partial charge in [-0.05, 0) is 63.1 Å². The van der Waals surface area contributed by atoms with Crippen LogP contribution in [-0.2, 0) is 21.0 Å². The Labute approximate surface area is 209 Å². The number of rotatable bonds is 6. The Morgan fingerprint density at radius 1 is 1.20 bits per heavy atom. The molecule has 186 valence electrons. The van der Waals surface area contributed by atoms with Crippen molar-refractivity contribution in [1.29, 1.82) is 0 Å². The molecule has 0 N–H and O–H groups in total. The Kier molecular flexibility index (Phi) is 7.06. The Morgan fingerprint density at radius 2 is 1.97 bits per heavy atom. The lowest BCUT2D eigenvalue weighted by Crippen LogP contribution is -2.42. The summed E-state index contributed by atoms with van der Waals surface area (Å²) < 4.78 is 11.9. The topological polar surface area (TPSA) is 99.3 Å². The van der Waals surface area contributed by atoms with Gasteiger partial charge in [0.1, 0.15) is 12.2 Å². The standard InChI is InChI=1S/C25H29ClN4O5/c1-16-23(21-15-33-24(20(21)14-27-16)17-9-11-18(26)12-10-17)34-25(31)22-8-5-13-29(22)30(32)28-35-19-6-3-2-4-7-19/h9-12,14,19,22,24H,2-8,13,15H2,1H3/b30-28-/t22-,24-/m0/s1. The van der Waals surface area contributed by atoms with Crippen molar-refractivity contribution in [3.63, 3.8) is 0 Å². The lowest BCUT2D eigenvalue weighted by atomic mass is 9.98. The summed E-state index contributed by atoms with van der Waals surface area (Å²) in [5, 5.41) is 18.4. The molecule has 0 bridgehead atoms. The molecule has 2 fully saturated rings. The van der Waals surface area contributed by atoms with Gasteiger partial charge >= 0.3 is 5.97 Å². The molecule has 0 unspecified atom stereocenters. The van der Waals surface area contributed by atoms with Crippen molar-refractivity contribution in [3.05, 3.63) is 63.1 Å². The summed E-state index contributed by atoms with van der Waals surface area (Å²) in [5.41, 5.74) is 3.18. The van der Waals surface area contributed by atoms with E-state index in [1.165, 1.54) is 11.4 Å². The molecular formula is C25H29ClN4O5. The highest BCUT2D eigenvalue weighted by atomic mass is 35.5. The molecule has 1 saturated heterocycles. The lowest BCUT2D eigenvalue weighted by molar-refractivity contribution is -0.713. The smallest absolute Gasteiger partial charge is 0.340 e. The van der Waals surface area contributed by atoms with Gasteiger partial charge in [0.15, 0.2) is 11.8 Å². The number of esters is 1. The molecule has 1 saturated carbocycles. The summed E-state index contributed by atoms with van der Waals surface area (Å²) in [6.07, 6.45) is 7.72. The van der Waals surface area contributed by atoms with E-state index in [-0.39, 0.29) is 12.2 Å². The average molecular weight is 501 g/mol. The third kappa shape index (κ3) is 5.06. The van der Waals surface area contributed by atoms with Crippen LogP contribution < -0.4 is 4.74 Å². The zero-order valence-corrected chi connectivity index (χ0v) is 20.4. The first-order chi connectivity index (χ1) is 17.0. The first kappa shape index (κ1) is 23.8. The maximum Gasteiger partial charge on any atom is 0.340 e. The van der Waals surface area contributed by atoms with E-state index in [9.17, 15) is 10.0 Å². The van der Waals surface area contributed by atoms with E-state index in [1.807, 2.05) is 24.3 Å². The maximum absolute atomic E-state index is 13.2. The molecule has 0 amide bonds. The predicted molar refractivity (Wildman–Crippen MR) is 126 cm³/mol. The van der Waals surface area contributed by atoms with E-state index >= 15 is 0 Å². The van der Waals surface area contributed by atoms with E-state index < -0.39 is 12.0 Å². The summed E-state index contributed by atoms with van der Waals surface area (Å²) in [6.45, 7) is 2.49. The fraction of sp³-hybridized carbons (Fsp3) is 0.520. The van der Waals surface area contributed by atoms with Crippen LogP contribution in [0.15, 0.2) is 35.7 Å². The van der Waals surface area contributed by atoms with E-state index in [0.717, 1.165) is 42.4 Å². The molecule has 1 aliphatic carbocycles. The highest BCUT2D eigenvalue weighted by molar-refractivity contribution is 6.30. The molecule has 5 rings (SSSR count). The van der Waals surface area contributed by atoms with Crippen LogP contribution in [0.1, 0.15) is 73.4 Å². The van der Waals surface area contributed by atoms with E-state index in [0.29, 0.717) is 47.4 Å². The summed E-state index contributed by atoms with van der Waals surface area (Å²) in [7, 11) is 0. The van der Waals surface area contributed by atoms with Crippen molar-refractivity contribution in [2.75, 3.05) is 6.54 Å². The number of aromatic nitrogens is 1. The quantitative estimate of drug-likeness (QED) is 0.233. The predicted octanol–water partition coefficient (Wildman–Crippen LogP) is 5.17. The minimum atomic E-state index is -0.740. The van der Waals surface area contributed by atoms with Crippen molar-refractivity contribution >= 4 is 17.6 Å². The fourth-order valence-corrected chi connectivity index (χ4v) is 5.15. The number of aryl methyl sites for hydroxylation is 1. The minimum absolute atomic E-state index is 0.0394. The summed E-state index contributed by atoms with van der Waals surface area (Å²) >= 11 is 6.02. The SMILES string of the molecule is Cc1ncc2c(c1OC(=O)[C@@H]1CCCN1/[N+]([O-])=N/OC1CCCCC1)CO[C@H]2c1ccc(Cl)cc1. The molecule has 9 nitrogen and oxygen atoms in total.